The molecule has 0 unspecified atom stereocenters. The van der Waals surface area contributed by atoms with Gasteiger partial charge in [0, 0.05) is 13.0 Å². The summed E-state index contributed by atoms with van der Waals surface area (Å²) in [5.74, 6) is 2.16. The van der Waals surface area contributed by atoms with E-state index in [0.717, 1.165) is 36.3 Å². The predicted molar refractivity (Wildman–Crippen MR) is 69.5 cm³/mol. The zero-order chi connectivity index (χ0) is 11.4. The van der Waals surface area contributed by atoms with Crippen molar-refractivity contribution in [2.24, 2.45) is 5.73 Å². The molecule has 0 radical (unpaired) electrons. The van der Waals surface area contributed by atoms with Crippen molar-refractivity contribution < 1.29 is 5.11 Å². The second kappa shape index (κ2) is 5.21. The van der Waals surface area contributed by atoms with Crippen LogP contribution in [0.15, 0.2) is 24.3 Å². The highest BCUT2D eigenvalue weighted by Crippen LogP contribution is 2.30. The lowest BCUT2D eigenvalue weighted by Crippen LogP contribution is -2.35. The zero-order valence-corrected chi connectivity index (χ0v) is 10.3. The summed E-state index contributed by atoms with van der Waals surface area (Å²) in [4.78, 5) is 0. The number of benzene rings is 1. The molecule has 2 nitrogen and oxygen atoms in total. The summed E-state index contributed by atoms with van der Waals surface area (Å²) in [5.41, 5.74) is 7.44. The van der Waals surface area contributed by atoms with E-state index >= 15 is 0 Å². The quantitative estimate of drug-likeness (QED) is 0.844. The van der Waals surface area contributed by atoms with Crippen LogP contribution in [0.2, 0.25) is 0 Å². The van der Waals surface area contributed by atoms with Crippen molar-refractivity contribution in [3.63, 3.8) is 0 Å². The normalized spacial score (nSPS) is 19.6. The van der Waals surface area contributed by atoms with Gasteiger partial charge in [0.25, 0.3) is 0 Å². The van der Waals surface area contributed by atoms with Crippen molar-refractivity contribution in [1.29, 1.82) is 0 Å². The Labute approximate surface area is 101 Å². The smallest absolute Gasteiger partial charge is 0.0703 e. The van der Waals surface area contributed by atoms with E-state index in [4.69, 9.17) is 5.73 Å². The second-order valence-corrected chi connectivity index (χ2v) is 5.76. The van der Waals surface area contributed by atoms with Gasteiger partial charge in [0.1, 0.15) is 0 Å². The number of hydrogen-bond donors (Lipinski definition) is 2. The van der Waals surface area contributed by atoms with Gasteiger partial charge in [0.05, 0.1) is 5.60 Å². The van der Waals surface area contributed by atoms with E-state index < -0.39 is 5.60 Å². The average molecular weight is 237 g/mol. The molecule has 1 aliphatic heterocycles. The second-order valence-electron chi connectivity index (χ2n) is 4.53. The highest BCUT2D eigenvalue weighted by atomic mass is 32.2. The molecule has 0 bridgehead atoms. The maximum atomic E-state index is 10.4. The lowest BCUT2D eigenvalue weighted by molar-refractivity contribution is 0.0324. The Morgan fingerprint density at radius 2 is 1.69 bits per heavy atom. The Bertz CT molecular complexity index is 330. The number of hydrogen-bond acceptors (Lipinski definition) is 3. The van der Waals surface area contributed by atoms with Crippen molar-refractivity contribution in [1.82, 2.24) is 0 Å². The Morgan fingerprint density at radius 3 is 2.25 bits per heavy atom. The maximum absolute atomic E-state index is 10.4. The molecule has 3 heteroatoms. The minimum absolute atomic E-state index is 0.477. The molecule has 1 aromatic rings. The fourth-order valence-corrected chi connectivity index (χ4v) is 3.35. The largest absolute Gasteiger partial charge is 0.389 e. The minimum Gasteiger partial charge on any atom is -0.389 e. The van der Waals surface area contributed by atoms with Gasteiger partial charge < -0.3 is 10.8 Å². The van der Waals surface area contributed by atoms with Crippen LogP contribution in [0.5, 0.6) is 0 Å². The van der Waals surface area contributed by atoms with Gasteiger partial charge in [-0.15, -0.1) is 0 Å². The Balaban J connectivity index is 2.01. The molecule has 1 heterocycles. The van der Waals surface area contributed by atoms with Crippen LogP contribution in [0.4, 0.5) is 0 Å². The summed E-state index contributed by atoms with van der Waals surface area (Å²) >= 11 is 1.94. The predicted octanol–water partition coefficient (Wildman–Crippen LogP) is 1.95. The van der Waals surface area contributed by atoms with E-state index in [9.17, 15) is 5.11 Å². The fraction of sp³-hybridized carbons (Fsp3) is 0.538. The first kappa shape index (κ1) is 12.0. The molecule has 0 spiro atoms. The molecular formula is C13H19NOS. The maximum Gasteiger partial charge on any atom is 0.0703 e. The van der Waals surface area contributed by atoms with Gasteiger partial charge in [-0.25, -0.2) is 0 Å². The molecule has 0 aromatic heterocycles. The summed E-state index contributed by atoms with van der Waals surface area (Å²) < 4.78 is 0. The summed E-state index contributed by atoms with van der Waals surface area (Å²) in [6.07, 6.45) is 2.60. The zero-order valence-electron chi connectivity index (χ0n) is 9.48. The number of rotatable bonds is 3. The average Bonchev–Trinajstić information content (AvgIpc) is 2.30. The van der Waals surface area contributed by atoms with Crippen molar-refractivity contribution >= 4 is 11.8 Å². The molecule has 1 saturated heterocycles. The van der Waals surface area contributed by atoms with Crippen molar-refractivity contribution in [2.45, 2.75) is 31.4 Å². The Morgan fingerprint density at radius 1 is 1.12 bits per heavy atom. The fourth-order valence-electron chi connectivity index (χ4n) is 2.10. The van der Waals surface area contributed by atoms with E-state index in [0.29, 0.717) is 6.54 Å². The molecule has 1 aromatic carbocycles. The number of aliphatic hydroxyl groups is 1. The molecule has 0 atom stereocenters. The molecule has 1 fully saturated rings. The summed E-state index contributed by atoms with van der Waals surface area (Å²) in [6.45, 7) is 0.585. The lowest BCUT2D eigenvalue weighted by Gasteiger charge is -2.31. The van der Waals surface area contributed by atoms with E-state index in [2.05, 4.69) is 24.3 Å². The third kappa shape index (κ3) is 3.00. The first-order chi connectivity index (χ1) is 7.72. The van der Waals surface area contributed by atoms with Gasteiger partial charge in [-0.3, -0.25) is 0 Å². The molecular weight excluding hydrogens is 218 g/mol. The third-order valence-electron chi connectivity index (χ3n) is 3.22. The minimum atomic E-state index is -0.477. The summed E-state index contributed by atoms with van der Waals surface area (Å²) in [7, 11) is 0. The third-order valence-corrected chi connectivity index (χ3v) is 4.20. The number of thioether (sulfide) groups is 1. The van der Waals surface area contributed by atoms with Gasteiger partial charge in [-0.05, 0) is 35.5 Å². The van der Waals surface area contributed by atoms with Gasteiger partial charge >= 0.3 is 0 Å². The van der Waals surface area contributed by atoms with E-state index in [1.165, 1.54) is 5.56 Å². The molecule has 0 amide bonds. The van der Waals surface area contributed by atoms with E-state index in [-0.39, 0.29) is 0 Å². The summed E-state index contributed by atoms with van der Waals surface area (Å²) in [5, 5.41) is 10.4. The van der Waals surface area contributed by atoms with Crippen molar-refractivity contribution in [3.05, 3.63) is 35.4 Å². The van der Waals surface area contributed by atoms with Crippen LogP contribution in [-0.2, 0) is 13.0 Å². The van der Waals surface area contributed by atoms with Gasteiger partial charge in [-0.2, -0.15) is 11.8 Å². The molecule has 3 N–H and O–H groups in total. The van der Waals surface area contributed by atoms with Crippen LogP contribution in [0.3, 0.4) is 0 Å². The van der Waals surface area contributed by atoms with Crippen LogP contribution in [-0.4, -0.2) is 22.2 Å². The lowest BCUT2D eigenvalue weighted by atomic mass is 9.89. The van der Waals surface area contributed by atoms with Crippen molar-refractivity contribution in [2.75, 3.05) is 11.5 Å². The van der Waals surface area contributed by atoms with Crippen LogP contribution in [0.25, 0.3) is 0 Å². The SMILES string of the molecule is NCc1ccc(CC2(O)CCSCC2)cc1. The highest BCUT2D eigenvalue weighted by molar-refractivity contribution is 7.99. The molecule has 0 aliphatic carbocycles. The first-order valence-corrected chi connectivity index (χ1v) is 6.95. The van der Waals surface area contributed by atoms with E-state index in [1.807, 2.05) is 11.8 Å². The monoisotopic (exact) mass is 237 g/mol. The van der Waals surface area contributed by atoms with Crippen LogP contribution >= 0.6 is 11.8 Å². The Hall–Kier alpha value is -0.510. The van der Waals surface area contributed by atoms with Crippen molar-refractivity contribution in [3.8, 4) is 0 Å². The van der Waals surface area contributed by atoms with Gasteiger partial charge in [-0.1, -0.05) is 24.3 Å². The number of nitrogens with two attached hydrogens (primary N) is 1. The summed E-state index contributed by atoms with van der Waals surface area (Å²) in [6, 6.07) is 8.27. The molecule has 1 aliphatic rings. The van der Waals surface area contributed by atoms with E-state index in [1.54, 1.807) is 0 Å². The van der Waals surface area contributed by atoms with Crippen LogP contribution < -0.4 is 5.73 Å². The Kier molecular flexibility index (Phi) is 3.90. The molecule has 0 saturated carbocycles. The molecule has 2 rings (SSSR count). The standard InChI is InChI=1S/C13H19NOS/c14-10-12-3-1-11(2-4-12)9-13(15)5-7-16-8-6-13/h1-4,15H,5-10,14H2. The van der Waals surface area contributed by atoms with Crippen LogP contribution in [0, 0.1) is 0 Å². The topological polar surface area (TPSA) is 46.2 Å². The molecule has 88 valence electrons. The highest BCUT2D eigenvalue weighted by Gasteiger charge is 2.29. The van der Waals surface area contributed by atoms with Gasteiger partial charge in [0.15, 0.2) is 0 Å². The van der Waals surface area contributed by atoms with Gasteiger partial charge in [0.2, 0.25) is 0 Å². The first-order valence-electron chi connectivity index (χ1n) is 5.80. The van der Waals surface area contributed by atoms with Crippen LogP contribution in [0.1, 0.15) is 24.0 Å². The molecule has 16 heavy (non-hydrogen) atoms.